The van der Waals surface area contributed by atoms with Crippen LogP contribution in [0.1, 0.15) is 9.67 Å². The van der Waals surface area contributed by atoms with Gasteiger partial charge in [0.15, 0.2) is 0 Å². The van der Waals surface area contributed by atoms with Crippen molar-refractivity contribution in [1.82, 2.24) is 9.80 Å². The van der Waals surface area contributed by atoms with Gasteiger partial charge in [0.25, 0.3) is 5.91 Å². The van der Waals surface area contributed by atoms with Gasteiger partial charge in [-0.05, 0) is 29.6 Å². The number of carbonyl (C=O) groups is 2. The van der Waals surface area contributed by atoms with E-state index < -0.39 is 5.82 Å². The molecule has 0 atom stereocenters. The molecule has 0 spiro atoms. The standard InChI is InChI=1S/C17H16ClFN2O2S2/c18-13-10-12(3-4-14(13)19)25-11-16(22)20-5-7-21(8-6-20)17(23)15-2-1-9-24-15/h1-4,9-10H,5-8,11H2. The summed E-state index contributed by atoms with van der Waals surface area (Å²) in [4.78, 5) is 29.6. The first-order valence-corrected chi connectivity index (χ1v) is 9.97. The molecule has 4 nitrogen and oxygen atoms in total. The molecule has 2 heterocycles. The molecule has 1 aliphatic heterocycles. The predicted molar refractivity (Wildman–Crippen MR) is 98.9 cm³/mol. The van der Waals surface area contributed by atoms with Crippen LogP contribution < -0.4 is 0 Å². The second-order valence-corrected chi connectivity index (χ2v) is 7.92. The number of thiophene rings is 1. The monoisotopic (exact) mass is 398 g/mol. The highest BCUT2D eigenvalue weighted by molar-refractivity contribution is 8.00. The zero-order chi connectivity index (χ0) is 17.8. The molecular weight excluding hydrogens is 383 g/mol. The van der Waals surface area contributed by atoms with Crippen molar-refractivity contribution in [3.63, 3.8) is 0 Å². The molecule has 0 aliphatic carbocycles. The van der Waals surface area contributed by atoms with E-state index in [0.717, 1.165) is 9.77 Å². The lowest BCUT2D eigenvalue weighted by molar-refractivity contribution is -0.129. The third-order valence-corrected chi connectivity index (χ3v) is 6.03. The Morgan fingerprint density at radius 2 is 1.88 bits per heavy atom. The van der Waals surface area contributed by atoms with Gasteiger partial charge in [0.1, 0.15) is 5.82 Å². The molecule has 1 aromatic heterocycles. The molecule has 0 radical (unpaired) electrons. The van der Waals surface area contributed by atoms with Crippen LogP contribution in [0.2, 0.25) is 5.02 Å². The van der Waals surface area contributed by atoms with Crippen LogP contribution in [0.3, 0.4) is 0 Å². The van der Waals surface area contributed by atoms with Gasteiger partial charge in [-0.15, -0.1) is 23.1 Å². The number of amides is 2. The number of carbonyl (C=O) groups excluding carboxylic acids is 2. The summed E-state index contributed by atoms with van der Waals surface area (Å²) in [5.41, 5.74) is 0. The van der Waals surface area contributed by atoms with Crippen molar-refractivity contribution in [3.05, 3.63) is 51.4 Å². The summed E-state index contributed by atoms with van der Waals surface area (Å²) in [7, 11) is 0. The molecule has 0 saturated carbocycles. The van der Waals surface area contributed by atoms with Crippen molar-refractivity contribution in [2.45, 2.75) is 4.90 Å². The van der Waals surface area contributed by atoms with Crippen molar-refractivity contribution in [3.8, 4) is 0 Å². The fourth-order valence-corrected chi connectivity index (χ4v) is 4.29. The smallest absolute Gasteiger partial charge is 0.264 e. The number of piperazine rings is 1. The maximum absolute atomic E-state index is 13.1. The zero-order valence-electron chi connectivity index (χ0n) is 13.3. The van der Waals surface area contributed by atoms with E-state index in [0.29, 0.717) is 26.2 Å². The Morgan fingerprint density at radius 3 is 2.52 bits per heavy atom. The molecule has 3 rings (SSSR count). The molecule has 132 valence electrons. The summed E-state index contributed by atoms with van der Waals surface area (Å²) in [6.45, 7) is 2.13. The van der Waals surface area contributed by atoms with Gasteiger partial charge in [0, 0.05) is 31.1 Å². The van der Waals surface area contributed by atoms with Gasteiger partial charge in [-0.2, -0.15) is 0 Å². The third-order valence-electron chi connectivity index (χ3n) is 3.90. The maximum atomic E-state index is 13.1. The van der Waals surface area contributed by atoms with E-state index in [4.69, 9.17) is 11.6 Å². The largest absolute Gasteiger partial charge is 0.338 e. The quantitative estimate of drug-likeness (QED) is 0.738. The molecule has 1 aliphatic rings. The Morgan fingerprint density at radius 1 is 1.16 bits per heavy atom. The maximum Gasteiger partial charge on any atom is 0.264 e. The zero-order valence-corrected chi connectivity index (χ0v) is 15.7. The minimum absolute atomic E-state index is 0.00803. The van der Waals surface area contributed by atoms with E-state index in [1.54, 1.807) is 15.9 Å². The average Bonchev–Trinajstić information content (AvgIpc) is 3.16. The van der Waals surface area contributed by atoms with E-state index in [1.165, 1.54) is 35.2 Å². The van der Waals surface area contributed by atoms with Crippen molar-refractivity contribution >= 4 is 46.5 Å². The fraction of sp³-hybridized carbons (Fsp3) is 0.294. The summed E-state index contributed by atoms with van der Waals surface area (Å²) in [5, 5.41) is 1.93. The van der Waals surface area contributed by atoms with Crippen LogP contribution in [0.15, 0.2) is 40.6 Å². The Kier molecular flexibility index (Phi) is 5.98. The van der Waals surface area contributed by atoms with E-state index in [1.807, 2.05) is 17.5 Å². The van der Waals surface area contributed by atoms with Crippen LogP contribution >= 0.6 is 34.7 Å². The second kappa shape index (κ2) is 8.21. The molecule has 8 heteroatoms. The van der Waals surface area contributed by atoms with Crippen molar-refractivity contribution < 1.29 is 14.0 Å². The number of nitrogens with zero attached hydrogens (tertiary/aromatic N) is 2. The predicted octanol–water partition coefficient (Wildman–Crippen LogP) is 3.62. The van der Waals surface area contributed by atoms with Gasteiger partial charge in [0.05, 0.1) is 15.7 Å². The number of halogens is 2. The lowest BCUT2D eigenvalue weighted by Gasteiger charge is -2.34. The fourth-order valence-electron chi connectivity index (χ4n) is 2.52. The topological polar surface area (TPSA) is 40.6 Å². The van der Waals surface area contributed by atoms with E-state index in [9.17, 15) is 14.0 Å². The second-order valence-electron chi connectivity index (χ2n) is 5.51. The number of hydrogen-bond donors (Lipinski definition) is 0. The van der Waals surface area contributed by atoms with Gasteiger partial charge in [-0.1, -0.05) is 17.7 Å². The van der Waals surface area contributed by atoms with Gasteiger partial charge in [-0.25, -0.2) is 4.39 Å². The molecule has 0 bridgehead atoms. The Hall–Kier alpha value is -1.57. The van der Waals surface area contributed by atoms with E-state index in [2.05, 4.69) is 0 Å². The summed E-state index contributed by atoms with van der Waals surface area (Å²) in [5.74, 6) is -0.170. The summed E-state index contributed by atoms with van der Waals surface area (Å²) >= 11 is 8.50. The first-order valence-electron chi connectivity index (χ1n) is 7.73. The number of rotatable bonds is 4. The van der Waals surface area contributed by atoms with E-state index in [-0.39, 0.29) is 22.6 Å². The molecule has 25 heavy (non-hydrogen) atoms. The van der Waals surface area contributed by atoms with E-state index >= 15 is 0 Å². The molecule has 2 aromatic rings. The molecular formula is C17H16ClFN2O2S2. The van der Waals surface area contributed by atoms with Crippen LogP contribution in [-0.2, 0) is 4.79 Å². The average molecular weight is 399 g/mol. The highest BCUT2D eigenvalue weighted by Gasteiger charge is 2.25. The van der Waals surface area contributed by atoms with Gasteiger partial charge >= 0.3 is 0 Å². The lowest BCUT2D eigenvalue weighted by atomic mass is 10.3. The summed E-state index contributed by atoms with van der Waals surface area (Å²) in [6.07, 6.45) is 0. The molecule has 1 fully saturated rings. The summed E-state index contributed by atoms with van der Waals surface area (Å²) < 4.78 is 13.1. The molecule has 1 saturated heterocycles. The lowest BCUT2D eigenvalue weighted by Crippen LogP contribution is -2.51. The minimum Gasteiger partial charge on any atom is -0.338 e. The molecule has 2 amide bonds. The highest BCUT2D eigenvalue weighted by Crippen LogP contribution is 2.24. The first-order chi connectivity index (χ1) is 12.0. The van der Waals surface area contributed by atoms with Crippen LogP contribution in [-0.4, -0.2) is 53.5 Å². The molecule has 1 aromatic carbocycles. The van der Waals surface area contributed by atoms with Gasteiger partial charge < -0.3 is 9.80 Å². The first kappa shape index (κ1) is 18.2. The summed E-state index contributed by atoms with van der Waals surface area (Å²) in [6, 6.07) is 8.10. The van der Waals surface area contributed by atoms with Crippen LogP contribution in [0.4, 0.5) is 4.39 Å². The SMILES string of the molecule is O=C(CSc1ccc(F)c(Cl)c1)N1CCN(C(=O)c2cccs2)CC1. The Bertz CT molecular complexity index is 762. The van der Waals surface area contributed by atoms with Gasteiger partial charge in [0.2, 0.25) is 5.91 Å². The Labute approximate surface area is 158 Å². The minimum atomic E-state index is -0.469. The molecule has 0 N–H and O–H groups in total. The van der Waals surface area contributed by atoms with Crippen LogP contribution in [0, 0.1) is 5.82 Å². The van der Waals surface area contributed by atoms with Crippen molar-refractivity contribution in [2.75, 3.05) is 31.9 Å². The van der Waals surface area contributed by atoms with Crippen LogP contribution in [0.25, 0.3) is 0 Å². The third kappa shape index (κ3) is 4.54. The molecule has 0 unspecified atom stereocenters. The Balaban J connectivity index is 1.48. The van der Waals surface area contributed by atoms with Crippen molar-refractivity contribution in [1.29, 1.82) is 0 Å². The highest BCUT2D eigenvalue weighted by atomic mass is 35.5. The normalized spacial score (nSPS) is 14.6. The van der Waals surface area contributed by atoms with Crippen LogP contribution in [0.5, 0.6) is 0 Å². The number of thioether (sulfide) groups is 1. The van der Waals surface area contributed by atoms with Crippen molar-refractivity contribution in [2.24, 2.45) is 0 Å². The number of benzene rings is 1. The number of hydrogen-bond acceptors (Lipinski definition) is 4. The van der Waals surface area contributed by atoms with Gasteiger partial charge in [-0.3, -0.25) is 9.59 Å².